The van der Waals surface area contributed by atoms with Crippen LogP contribution in [-0.4, -0.2) is 58.2 Å². The second-order valence-corrected chi connectivity index (χ2v) is 11.1. The topological polar surface area (TPSA) is 109 Å². The van der Waals surface area contributed by atoms with Gasteiger partial charge in [-0.3, -0.25) is 29.4 Å². The van der Waals surface area contributed by atoms with Crippen LogP contribution in [0, 0.1) is 0 Å². The van der Waals surface area contributed by atoms with Crippen molar-refractivity contribution in [3.63, 3.8) is 0 Å². The number of nitrogens with zero attached hydrogens (tertiary/aromatic N) is 1. The highest BCUT2D eigenvalue weighted by atomic mass is 16.6. The van der Waals surface area contributed by atoms with E-state index in [0.717, 1.165) is 53.2 Å². The average molecular weight is 488 g/mol. The number of hydrogen-bond donors (Lipinski definition) is 2. The van der Waals surface area contributed by atoms with Crippen molar-refractivity contribution in [2.75, 3.05) is 13.1 Å². The zero-order valence-electron chi connectivity index (χ0n) is 20.7. The third kappa shape index (κ3) is 3.54. The number of imide groups is 1. The molecule has 8 nitrogen and oxygen atoms in total. The van der Waals surface area contributed by atoms with Crippen molar-refractivity contribution in [3.05, 3.63) is 46.0 Å². The number of H-pyrrole nitrogens is 1. The van der Waals surface area contributed by atoms with Crippen LogP contribution in [0.25, 0.3) is 21.8 Å². The molecule has 3 aliphatic rings. The van der Waals surface area contributed by atoms with E-state index in [1.54, 1.807) is 6.07 Å². The number of fused-ring (bicyclic) bond motifs is 8. The van der Waals surface area contributed by atoms with Crippen molar-refractivity contribution >= 4 is 45.4 Å². The number of ketones is 1. The van der Waals surface area contributed by atoms with E-state index in [9.17, 15) is 19.2 Å². The van der Waals surface area contributed by atoms with Crippen LogP contribution in [0.5, 0.6) is 0 Å². The number of hydrogen-bond acceptors (Lipinski definition) is 6. The van der Waals surface area contributed by atoms with Crippen molar-refractivity contribution in [2.24, 2.45) is 0 Å². The van der Waals surface area contributed by atoms with Gasteiger partial charge in [0.05, 0.1) is 23.2 Å². The minimum Gasteiger partial charge on any atom is -0.459 e. The summed E-state index contributed by atoms with van der Waals surface area (Å²) < 4.78 is 5.57. The van der Waals surface area contributed by atoms with Gasteiger partial charge in [0.25, 0.3) is 11.8 Å². The second kappa shape index (κ2) is 8.00. The molecule has 6 rings (SSSR count). The highest BCUT2D eigenvalue weighted by Gasteiger charge is 2.37. The number of amides is 2. The lowest BCUT2D eigenvalue weighted by molar-refractivity contribution is -0.160. The van der Waals surface area contributed by atoms with Gasteiger partial charge in [-0.1, -0.05) is 0 Å². The monoisotopic (exact) mass is 487 g/mol. The Balaban J connectivity index is 1.37. The standard InChI is InChI=1S/C28H29N3O5/c1-28(2,3)36-27(35)19-8-5-11-31(19)13-20(32)14-9-10-18-17(12-14)21-23-22(25(33)30-26(23)34)15-6-4-7-16(15)24(21)29-18/h9-10,12,19,29H,4-8,11,13H2,1-3H3,(H,30,33,34)/t19-/m0/s1. The molecule has 2 N–H and O–H groups in total. The quantitative estimate of drug-likeness (QED) is 0.330. The lowest BCUT2D eigenvalue weighted by Gasteiger charge is -2.26. The first kappa shape index (κ1) is 22.9. The van der Waals surface area contributed by atoms with E-state index in [0.29, 0.717) is 35.0 Å². The number of nitrogens with one attached hydrogen (secondary N) is 2. The molecular weight excluding hydrogens is 458 g/mol. The number of aromatic nitrogens is 1. The molecule has 1 atom stereocenters. The van der Waals surface area contributed by atoms with Crippen LogP contribution >= 0.6 is 0 Å². The van der Waals surface area contributed by atoms with Gasteiger partial charge in [0.15, 0.2) is 5.78 Å². The first-order valence-corrected chi connectivity index (χ1v) is 12.6. The third-order valence-corrected chi connectivity index (χ3v) is 7.51. The summed E-state index contributed by atoms with van der Waals surface area (Å²) in [5.74, 6) is -1.11. The van der Waals surface area contributed by atoms with E-state index in [1.807, 2.05) is 37.8 Å². The molecule has 2 aromatic carbocycles. The van der Waals surface area contributed by atoms with Crippen LogP contribution < -0.4 is 5.32 Å². The van der Waals surface area contributed by atoms with Gasteiger partial charge in [0.1, 0.15) is 11.6 Å². The highest BCUT2D eigenvalue weighted by molar-refractivity contribution is 6.31. The van der Waals surface area contributed by atoms with Crippen molar-refractivity contribution in [3.8, 4) is 0 Å². The Hall–Kier alpha value is -3.52. The van der Waals surface area contributed by atoms with E-state index in [1.165, 1.54) is 0 Å². The van der Waals surface area contributed by atoms with Crippen LogP contribution in [0.4, 0.5) is 0 Å². The summed E-state index contributed by atoms with van der Waals surface area (Å²) >= 11 is 0. The molecule has 0 unspecified atom stereocenters. The number of carbonyl (C=O) groups excluding carboxylic acids is 4. The Bertz CT molecular complexity index is 1490. The van der Waals surface area contributed by atoms with Crippen molar-refractivity contribution < 1.29 is 23.9 Å². The van der Waals surface area contributed by atoms with Crippen LogP contribution in [0.3, 0.4) is 0 Å². The number of carbonyl (C=O) groups is 4. The first-order chi connectivity index (χ1) is 17.1. The number of likely N-dealkylation sites (tertiary alicyclic amines) is 1. The average Bonchev–Trinajstić information content (AvgIpc) is 3.57. The van der Waals surface area contributed by atoms with Gasteiger partial charge in [-0.05, 0) is 88.7 Å². The summed E-state index contributed by atoms with van der Waals surface area (Å²) in [6, 6.07) is 5.03. The SMILES string of the molecule is CC(C)(C)OC(=O)[C@@H]1CCCN1CC(=O)c1ccc2[nH]c3c4c(c5c(c3c2c1)C(=O)NC5=O)CCC4. The number of ether oxygens (including phenoxy) is 1. The third-order valence-electron chi connectivity index (χ3n) is 7.51. The van der Waals surface area contributed by atoms with Gasteiger partial charge < -0.3 is 9.72 Å². The zero-order chi connectivity index (χ0) is 25.4. The van der Waals surface area contributed by atoms with Gasteiger partial charge in [-0.15, -0.1) is 0 Å². The van der Waals surface area contributed by atoms with Crippen LogP contribution in [0.1, 0.15) is 82.2 Å². The first-order valence-electron chi connectivity index (χ1n) is 12.6. The van der Waals surface area contributed by atoms with E-state index >= 15 is 0 Å². The molecule has 1 fully saturated rings. The fourth-order valence-electron chi connectivity index (χ4n) is 6.06. The maximum atomic E-state index is 13.4. The molecule has 186 valence electrons. The minimum atomic E-state index is -0.580. The number of benzene rings is 2. The smallest absolute Gasteiger partial charge is 0.323 e. The second-order valence-electron chi connectivity index (χ2n) is 11.1. The summed E-state index contributed by atoms with van der Waals surface area (Å²) in [6.07, 6.45) is 4.07. The van der Waals surface area contributed by atoms with Gasteiger partial charge in [0, 0.05) is 21.9 Å². The minimum absolute atomic E-state index is 0.0972. The molecule has 0 saturated carbocycles. The molecule has 2 amide bonds. The summed E-state index contributed by atoms with van der Waals surface area (Å²) in [6.45, 7) is 6.29. The summed E-state index contributed by atoms with van der Waals surface area (Å²) in [4.78, 5) is 56.8. The van der Waals surface area contributed by atoms with E-state index < -0.39 is 11.6 Å². The number of aryl methyl sites for hydroxylation is 1. The van der Waals surface area contributed by atoms with Gasteiger partial charge in [0.2, 0.25) is 0 Å². The number of Topliss-reactive ketones (excluding diaryl/α,β-unsaturated/α-hetero) is 1. The van der Waals surface area contributed by atoms with Crippen LogP contribution in [0.15, 0.2) is 18.2 Å². The lowest BCUT2D eigenvalue weighted by Crippen LogP contribution is -2.42. The molecule has 1 aliphatic carbocycles. The van der Waals surface area contributed by atoms with Crippen molar-refractivity contribution in [1.29, 1.82) is 0 Å². The normalized spacial score (nSPS) is 19.7. The van der Waals surface area contributed by atoms with E-state index in [4.69, 9.17) is 4.74 Å². The Morgan fingerprint density at radius 3 is 2.58 bits per heavy atom. The molecule has 8 heteroatoms. The van der Waals surface area contributed by atoms with Crippen LogP contribution in [0.2, 0.25) is 0 Å². The fraction of sp³-hybridized carbons (Fsp3) is 0.429. The van der Waals surface area contributed by atoms with E-state index in [-0.39, 0.29) is 30.1 Å². The molecule has 0 bridgehead atoms. The number of esters is 1. The van der Waals surface area contributed by atoms with E-state index in [2.05, 4.69) is 10.3 Å². The Morgan fingerprint density at radius 2 is 1.81 bits per heavy atom. The van der Waals surface area contributed by atoms with Crippen LogP contribution in [-0.2, 0) is 22.4 Å². The number of aromatic amines is 1. The highest BCUT2D eigenvalue weighted by Crippen LogP contribution is 2.41. The largest absolute Gasteiger partial charge is 0.459 e. The summed E-state index contributed by atoms with van der Waals surface area (Å²) in [5.41, 5.74) is 4.60. The molecule has 36 heavy (non-hydrogen) atoms. The predicted molar refractivity (Wildman–Crippen MR) is 134 cm³/mol. The summed E-state index contributed by atoms with van der Waals surface area (Å²) in [7, 11) is 0. The Kier molecular flexibility index (Phi) is 5.09. The lowest BCUT2D eigenvalue weighted by atomic mass is 9.93. The molecule has 0 spiro atoms. The van der Waals surface area contributed by atoms with Gasteiger partial charge in [-0.25, -0.2) is 0 Å². The Labute approximate surface area is 208 Å². The van der Waals surface area contributed by atoms with Crippen molar-refractivity contribution in [1.82, 2.24) is 15.2 Å². The molecule has 1 saturated heterocycles. The van der Waals surface area contributed by atoms with Crippen molar-refractivity contribution in [2.45, 2.75) is 64.5 Å². The maximum absolute atomic E-state index is 13.4. The molecule has 2 aliphatic heterocycles. The summed E-state index contributed by atoms with van der Waals surface area (Å²) in [5, 5.41) is 3.94. The van der Waals surface area contributed by atoms with Gasteiger partial charge in [-0.2, -0.15) is 0 Å². The molecule has 3 heterocycles. The fourth-order valence-corrected chi connectivity index (χ4v) is 6.06. The van der Waals surface area contributed by atoms with Gasteiger partial charge >= 0.3 is 5.97 Å². The molecule has 3 aromatic rings. The molecular formula is C28H29N3O5. The Morgan fingerprint density at radius 1 is 1.06 bits per heavy atom. The predicted octanol–water partition coefficient (Wildman–Crippen LogP) is 3.68. The number of rotatable bonds is 4. The molecule has 0 radical (unpaired) electrons. The maximum Gasteiger partial charge on any atom is 0.323 e. The molecule has 1 aromatic heterocycles. The zero-order valence-corrected chi connectivity index (χ0v) is 20.7.